The molecule has 0 radical (unpaired) electrons. The van der Waals surface area contributed by atoms with Gasteiger partial charge in [0.25, 0.3) is 5.91 Å². The quantitative estimate of drug-likeness (QED) is 0.463. The van der Waals surface area contributed by atoms with Gasteiger partial charge in [-0.2, -0.15) is 5.10 Å². The molecule has 5 N–H and O–H groups in total. The average molecular weight is 462 g/mol. The maximum Gasteiger partial charge on any atom is 0.254 e. The molecule has 2 heterocycles. The Morgan fingerprint density at radius 1 is 1.12 bits per heavy atom. The van der Waals surface area contributed by atoms with E-state index in [1.165, 1.54) is 12.2 Å². The predicted molar refractivity (Wildman–Crippen MR) is 128 cm³/mol. The highest BCUT2D eigenvalue weighted by atomic mass is 16.5. The number of aromatic nitrogens is 2. The number of nitrogen functional groups attached to an aromatic ring is 1. The molecule has 176 valence electrons. The van der Waals surface area contributed by atoms with Gasteiger partial charge in [0.1, 0.15) is 28.6 Å². The Kier molecular flexibility index (Phi) is 6.93. The zero-order valence-corrected chi connectivity index (χ0v) is 18.6. The summed E-state index contributed by atoms with van der Waals surface area (Å²) in [7, 11) is 0. The number of carbonyl (C=O) groups is 2. The number of carbonyl (C=O) groups excluding carboxylic acids is 2. The van der Waals surface area contributed by atoms with Crippen molar-refractivity contribution in [2.45, 2.75) is 18.9 Å². The standard InChI is InChI=1S/C25H27N5O4/c26-24-22(25(27)33)23(17-10-12-20(13-11-17)34-19-7-2-1-3-8-19)28-30(24)18-6-4-14-29(16-18)21(32)9-5-15-31/h1-3,5,7-13,18,31H,4,6,14-16,26H2,(H2,27,33)/t18-/m1/s1. The Morgan fingerprint density at radius 2 is 1.82 bits per heavy atom. The molecular formula is C25H27N5O4. The summed E-state index contributed by atoms with van der Waals surface area (Å²) in [6.07, 6.45) is 4.27. The second kappa shape index (κ2) is 10.2. The zero-order valence-electron chi connectivity index (χ0n) is 18.6. The Hall–Kier alpha value is -4.11. The van der Waals surface area contributed by atoms with Crippen LogP contribution in [0.5, 0.6) is 11.5 Å². The van der Waals surface area contributed by atoms with E-state index >= 15 is 0 Å². The zero-order chi connectivity index (χ0) is 24.1. The van der Waals surface area contributed by atoms with Crippen LogP contribution in [0.25, 0.3) is 11.3 Å². The second-order valence-corrected chi connectivity index (χ2v) is 8.02. The van der Waals surface area contributed by atoms with E-state index in [0.717, 1.165) is 12.8 Å². The van der Waals surface area contributed by atoms with E-state index in [-0.39, 0.29) is 29.9 Å². The molecule has 1 saturated heterocycles. The topological polar surface area (TPSA) is 137 Å². The average Bonchev–Trinajstić information content (AvgIpc) is 3.21. The molecule has 1 fully saturated rings. The van der Waals surface area contributed by atoms with Crippen molar-refractivity contribution in [1.82, 2.24) is 14.7 Å². The van der Waals surface area contributed by atoms with Crippen LogP contribution in [0.1, 0.15) is 29.2 Å². The van der Waals surface area contributed by atoms with Crippen LogP contribution >= 0.6 is 0 Å². The summed E-state index contributed by atoms with van der Waals surface area (Å²) in [6.45, 7) is 0.794. The maximum absolute atomic E-state index is 12.4. The Balaban J connectivity index is 1.60. The lowest BCUT2D eigenvalue weighted by Gasteiger charge is -2.32. The number of ether oxygens (including phenoxy) is 1. The molecule has 3 aromatic rings. The van der Waals surface area contributed by atoms with Gasteiger partial charge in [0.05, 0.1) is 12.6 Å². The molecule has 0 spiro atoms. The van der Waals surface area contributed by atoms with Gasteiger partial charge >= 0.3 is 0 Å². The van der Waals surface area contributed by atoms with Crippen molar-refractivity contribution in [3.05, 3.63) is 72.3 Å². The van der Waals surface area contributed by atoms with Crippen LogP contribution in [0.2, 0.25) is 0 Å². The van der Waals surface area contributed by atoms with Crippen LogP contribution in [0.4, 0.5) is 5.82 Å². The number of primary amides is 1. The number of aliphatic hydroxyl groups is 1. The molecule has 1 aliphatic heterocycles. The number of nitrogens with two attached hydrogens (primary N) is 2. The number of likely N-dealkylation sites (tertiary alicyclic amines) is 1. The molecular weight excluding hydrogens is 434 g/mol. The molecule has 0 bridgehead atoms. The van der Waals surface area contributed by atoms with Crippen LogP contribution < -0.4 is 16.2 Å². The van der Waals surface area contributed by atoms with Crippen molar-refractivity contribution in [3.8, 4) is 22.8 Å². The smallest absolute Gasteiger partial charge is 0.254 e. The summed E-state index contributed by atoms with van der Waals surface area (Å²) in [5, 5.41) is 13.6. The predicted octanol–water partition coefficient (Wildman–Crippen LogP) is 2.74. The van der Waals surface area contributed by atoms with Gasteiger partial charge in [0.2, 0.25) is 5.91 Å². The first-order valence-corrected chi connectivity index (χ1v) is 11.1. The number of piperidine rings is 1. The summed E-state index contributed by atoms with van der Waals surface area (Å²) < 4.78 is 7.43. The van der Waals surface area contributed by atoms with E-state index in [2.05, 4.69) is 5.10 Å². The third-order valence-electron chi connectivity index (χ3n) is 5.72. The third kappa shape index (κ3) is 4.94. The first kappa shape index (κ1) is 23.1. The van der Waals surface area contributed by atoms with E-state index < -0.39 is 5.91 Å². The maximum atomic E-state index is 12.4. The fraction of sp³-hybridized carbons (Fsp3) is 0.240. The molecule has 1 atom stereocenters. The molecule has 9 heteroatoms. The lowest BCUT2D eigenvalue weighted by molar-refractivity contribution is -0.127. The number of aliphatic hydroxyl groups excluding tert-OH is 1. The van der Waals surface area contributed by atoms with E-state index in [1.54, 1.807) is 33.8 Å². The van der Waals surface area contributed by atoms with Gasteiger partial charge < -0.3 is 26.2 Å². The molecule has 0 saturated carbocycles. The number of rotatable bonds is 7. The van der Waals surface area contributed by atoms with Crippen LogP contribution in [0.3, 0.4) is 0 Å². The van der Waals surface area contributed by atoms with Gasteiger partial charge in [-0.15, -0.1) is 0 Å². The summed E-state index contributed by atoms with van der Waals surface area (Å²) in [5.74, 6) is 0.677. The minimum absolute atomic E-state index is 0.153. The Morgan fingerprint density at radius 3 is 2.50 bits per heavy atom. The Bertz CT molecular complexity index is 1190. The monoisotopic (exact) mass is 461 g/mol. The van der Waals surface area contributed by atoms with Gasteiger partial charge in [0, 0.05) is 24.7 Å². The molecule has 34 heavy (non-hydrogen) atoms. The first-order valence-electron chi connectivity index (χ1n) is 11.1. The van der Waals surface area contributed by atoms with Crippen LogP contribution in [0.15, 0.2) is 66.7 Å². The number of hydrogen-bond acceptors (Lipinski definition) is 6. The molecule has 2 amide bonds. The molecule has 4 rings (SSSR count). The van der Waals surface area contributed by atoms with Crippen molar-refractivity contribution in [2.24, 2.45) is 5.73 Å². The highest BCUT2D eigenvalue weighted by Crippen LogP contribution is 2.33. The minimum atomic E-state index is -0.669. The van der Waals surface area contributed by atoms with Crippen molar-refractivity contribution >= 4 is 17.6 Å². The summed E-state index contributed by atoms with van der Waals surface area (Å²) in [5.41, 5.74) is 13.2. The first-order chi connectivity index (χ1) is 16.5. The van der Waals surface area contributed by atoms with E-state index in [9.17, 15) is 9.59 Å². The lowest BCUT2D eigenvalue weighted by Crippen LogP contribution is -2.40. The third-order valence-corrected chi connectivity index (χ3v) is 5.72. The highest BCUT2D eigenvalue weighted by Gasteiger charge is 2.29. The fourth-order valence-corrected chi connectivity index (χ4v) is 4.09. The van der Waals surface area contributed by atoms with Crippen LogP contribution in [-0.4, -0.2) is 51.3 Å². The van der Waals surface area contributed by atoms with Crippen molar-refractivity contribution in [3.63, 3.8) is 0 Å². The minimum Gasteiger partial charge on any atom is -0.457 e. The largest absolute Gasteiger partial charge is 0.457 e. The number of anilines is 1. The van der Waals surface area contributed by atoms with Gasteiger partial charge in [-0.1, -0.05) is 24.3 Å². The van der Waals surface area contributed by atoms with E-state index in [0.29, 0.717) is 35.8 Å². The highest BCUT2D eigenvalue weighted by molar-refractivity contribution is 6.03. The van der Waals surface area contributed by atoms with Crippen LogP contribution in [-0.2, 0) is 4.79 Å². The lowest BCUT2D eigenvalue weighted by atomic mass is 10.1. The molecule has 0 aliphatic carbocycles. The van der Waals surface area contributed by atoms with Gasteiger partial charge in [-0.25, -0.2) is 4.68 Å². The molecule has 1 aromatic heterocycles. The number of benzene rings is 2. The van der Waals surface area contributed by atoms with Crippen molar-refractivity contribution in [2.75, 3.05) is 25.4 Å². The van der Waals surface area contributed by atoms with Crippen LogP contribution in [0, 0.1) is 0 Å². The van der Waals surface area contributed by atoms with Crippen molar-refractivity contribution < 1.29 is 19.4 Å². The molecule has 2 aromatic carbocycles. The normalized spacial score (nSPS) is 16.0. The Labute approximate surface area is 197 Å². The summed E-state index contributed by atoms with van der Waals surface area (Å²) in [4.78, 5) is 26.3. The van der Waals surface area contributed by atoms with E-state index in [4.69, 9.17) is 21.3 Å². The summed E-state index contributed by atoms with van der Waals surface area (Å²) >= 11 is 0. The fourth-order valence-electron chi connectivity index (χ4n) is 4.09. The molecule has 0 unspecified atom stereocenters. The second-order valence-electron chi connectivity index (χ2n) is 8.02. The molecule has 1 aliphatic rings. The number of nitrogens with zero attached hydrogens (tertiary/aromatic N) is 3. The van der Waals surface area contributed by atoms with E-state index in [1.807, 2.05) is 30.3 Å². The van der Waals surface area contributed by atoms with Gasteiger partial charge in [-0.05, 0) is 49.2 Å². The van der Waals surface area contributed by atoms with Gasteiger partial charge in [0.15, 0.2) is 0 Å². The molecule has 9 nitrogen and oxygen atoms in total. The number of amides is 2. The summed E-state index contributed by atoms with van der Waals surface area (Å²) in [6, 6.07) is 16.4. The van der Waals surface area contributed by atoms with Crippen molar-refractivity contribution in [1.29, 1.82) is 0 Å². The van der Waals surface area contributed by atoms with Gasteiger partial charge in [-0.3, -0.25) is 9.59 Å². The SMILES string of the molecule is NC(=O)c1c(-c2ccc(Oc3ccccc3)cc2)nn([C@@H]2CCCN(C(=O)C=CCO)C2)c1N. The number of para-hydroxylation sites is 1. The number of hydrogen-bond donors (Lipinski definition) is 3.